The number of benzene rings is 2. The van der Waals surface area contributed by atoms with Gasteiger partial charge in [-0.3, -0.25) is 14.4 Å². The van der Waals surface area contributed by atoms with E-state index in [9.17, 15) is 24.3 Å². The number of ether oxygens (including phenoxy) is 1. The number of rotatable bonds is 9. The predicted molar refractivity (Wildman–Crippen MR) is 143 cm³/mol. The van der Waals surface area contributed by atoms with Crippen molar-refractivity contribution in [1.29, 1.82) is 0 Å². The number of phenolic OH excluding ortho intramolecular Hbond substituents is 1. The largest absolute Gasteiger partial charge is 0.508 e. The number of phenols is 1. The Balaban J connectivity index is 2.51. The van der Waals surface area contributed by atoms with Crippen LogP contribution in [0, 0.1) is 0 Å². The van der Waals surface area contributed by atoms with Crippen LogP contribution in [-0.2, 0) is 25.7 Å². The highest BCUT2D eigenvalue weighted by Crippen LogP contribution is 2.31. The van der Waals surface area contributed by atoms with Crippen LogP contribution in [0.4, 0.5) is 4.79 Å². The van der Waals surface area contributed by atoms with E-state index in [0.717, 1.165) is 5.56 Å². The Morgan fingerprint density at radius 2 is 1.53 bits per heavy atom. The zero-order valence-electron chi connectivity index (χ0n) is 22.8. The van der Waals surface area contributed by atoms with Crippen molar-refractivity contribution in [2.45, 2.75) is 77.7 Å². The first-order valence-corrected chi connectivity index (χ1v) is 12.3. The maximum Gasteiger partial charge on any atom is 0.408 e. The Labute approximate surface area is 223 Å². The quantitative estimate of drug-likeness (QED) is 0.394. The van der Waals surface area contributed by atoms with Crippen LogP contribution < -0.4 is 16.4 Å². The van der Waals surface area contributed by atoms with Gasteiger partial charge in [0.15, 0.2) is 0 Å². The molecule has 2 aromatic rings. The summed E-state index contributed by atoms with van der Waals surface area (Å²) >= 11 is 0. The van der Waals surface area contributed by atoms with Crippen LogP contribution in [-0.4, -0.2) is 51.0 Å². The zero-order valence-corrected chi connectivity index (χ0v) is 22.8. The minimum Gasteiger partial charge on any atom is -0.508 e. The third-order valence-electron chi connectivity index (χ3n) is 5.38. The number of aromatic hydroxyl groups is 1. The molecular weight excluding hydrogens is 488 g/mol. The number of nitrogens with two attached hydrogens (primary N) is 1. The number of alkyl carbamates (subject to hydrolysis) is 1. The van der Waals surface area contributed by atoms with Crippen LogP contribution in [0.3, 0.4) is 0 Å². The first-order valence-electron chi connectivity index (χ1n) is 12.3. The molecule has 0 spiro atoms. The summed E-state index contributed by atoms with van der Waals surface area (Å²) in [5.74, 6) is -2.01. The van der Waals surface area contributed by atoms with E-state index in [2.05, 4.69) is 10.6 Å². The van der Waals surface area contributed by atoms with Crippen LogP contribution in [0.15, 0.2) is 54.6 Å². The number of primary amides is 1. The maximum atomic E-state index is 14.0. The van der Waals surface area contributed by atoms with E-state index in [1.807, 2.05) is 30.3 Å². The minimum absolute atomic E-state index is 0.0102. The van der Waals surface area contributed by atoms with E-state index in [-0.39, 0.29) is 12.3 Å². The van der Waals surface area contributed by atoms with Gasteiger partial charge in [0.1, 0.15) is 23.4 Å². The summed E-state index contributed by atoms with van der Waals surface area (Å²) in [4.78, 5) is 53.4. The molecular formula is C28H38N4O6. The molecule has 10 heteroatoms. The highest BCUT2D eigenvalue weighted by Gasteiger charge is 2.42. The summed E-state index contributed by atoms with van der Waals surface area (Å²) in [5, 5.41) is 15.1. The number of hydrogen-bond donors (Lipinski definition) is 4. The molecule has 0 fully saturated rings. The van der Waals surface area contributed by atoms with E-state index < -0.39 is 53.5 Å². The number of carbonyl (C=O) groups is 4. The van der Waals surface area contributed by atoms with Crippen molar-refractivity contribution in [2.75, 3.05) is 0 Å². The molecule has 5 N–H and O–H groups in total. The first kappa shape index (κ1) is 30.1. The van der Waals surface area contributed by atoms with Gasteiger partial charge in [-0.2, -0.15) is 0 Å². The molecule has 0 aliphatic heterocycles. The van der Waals surface area contributed by atoms with Crippen molar-refractivity contribution in [3.05, 3.63) is 65.7 Å². The molecule has 206 valence electrons. The summed E-state index contributed by atoms with van der Waals surface area (Å²) in [5.41, 5.74) is 4.90. The van der Waals surface area contributed by atoms with E-state index >= 15 is 0 Å². The number of carbonyl (C=O) groups excluding carboxylic acids is 4. The Morgan fingerprint density at radius 3 is 2.03 bits per heavy atom. The van der Waals surface area contributed by atoms with E-state index in [1.165, 1.54) is 17.0 Å². The van der Waals surface area contributed by atoms with Gasteiger partial charge in [-0.25, -0.2) is 4.79 Å². The highest BCUT2D eigenvalue weighted by molar-refractivity contribution is 5.95. The Morgan fingerprint density at radius 1 is 0.947 bits per heavy atom. The molecule has 0 aromatic heterocycles. The van der Waals surface area contributed by atoms with Crippen LogP contribution in [0.1, 0.15) is 65.1 Å². The molecule has 2 rings (SSSR count). The van der Waals surface area contributed by atoms with E-state index in [4.69, 9.17) is 10.5 Å². The third kappa shape index (κ3) is 9.10. The monoisotopic (exact) mass is 526 g/mol. The average molecular weight is 527 g/mol. The third-order valence-corrected chi connectivity index (χ3v) is 5.38. The van der Waals surface area contributed by atoms with Gasteiger partial charge in [0, 0.05) is 12.1 Å². The van der Waals surface area contributed by atoms with Gasteiger partial charge in [-0.05, 0) is 64.8 Å². The molecule has 0 bridgehead atoms. The number of hydrogen-bond acceptors (Lipinski definition) is 6. The molecule has 38 heavy (non-hydrogen) atoms. The average Bonchev–Trinajstić information content (AvgIpc) is 2.79. The summed E-state index contributed by atoms with van der Waals surface area (Å²) in [6.07, 6.45) is -1.40. The summed E-state index contributed by atoms with van der Waals surface area (Å²) in [6, 6.07) is 12.6. The zero-order chi connectivity index (χ0) is 28.7. The molecule has 2 unspecified atom stereocenters. The standard InChI is InChI=1S/C28H38N4O6/c1-27(2,3)32(25(36)21(16-22(29)34)31-26(37)38-28(4,5)6)23(19-12-14-20(33)15-13-19)24(35)30-17-18-10-8-7-9-11-18/h7-15,21,23,33H,16-17H2,1-6H3,(H2,29,34)(H,30,35)(H,31,37). The SMILES string of the molecule is CC(C)(C)OC(=O)NC(CC(N)=O)C(=O)N(C(C(=O)NCc1ccccc1)c1ccc(O)cc1)C(C)(C)C. The second kappa shape index (κ2) is 12.4. The van der Waals surface area contributed by atoms with Crippen LogP contribution in [0.25, 0.3) is 0 Å². The first-order chi connectivity index (χ1) is 17.6. The molecule has 2 atom stereocenters. The summed E-state index contributed by atoms with van der Waals surface area (Å²) in [6.45, 7) is 10.4. The van der Waals surface area contributed by atoms with Crippen molar-refractivity contribution in [3.63, 3.8) is 0 Å². The fraction of sp³-hybridized carbons (Fsp3) is 0.429. The molecule has 0 heterocycles. The van der Waals surface area contributed by atoms with Crippen LogP contribution >= 0.6 is 0 Å². The normalized spacial score (nSPS) is 13.1. The number of amides is 4. The highest BCUT2D eigenvalue weighted by atomic mass is 16.6. The smallest absolute Gasteiger partial charge is 0.408 e. The van der Waals surface area contributed by atoms with E-state index in [0.29, 0.717) is 5.56 Å². The van der Waals surface area contributed by atoms with Crippen LogP contribution in [0.2, 0.25) is 0 Å². The van der Waals surface area contributed by atoms with Gasteiger partial charge in [-0.15, -0.1) is 0 Å². The maximum absolute atomic E-state index is 14.0. The fourth-order valence-corrected chi connectivity index (χ4v) is 3.82. The topological polar surface area (TPSA) is 151 Å². The second-order valence-corrected chi connectivity index (χ2v) is 10.9. The summed E-state index contributed by atoms with van der Waals surface area (Å²) < 4.78 is 5.28. The van der Waals surface area contributed by atoms with E-state index in [1.54, 1.807) is 53.7 Å². The molecule has 0 aliphatic carbocycles. The van der Waals surface area contributed by atoms with Gasteiger partial charge in [0.2, 0.25) is 17.7 Å². The minimum atomic E-state index is -1.39. The lowest BCUT2D eigenvalue weighted by atomic mass is 9.94. The Kier molecular flexibility index (Phi) is 9.87. The number of nitrogens with one attached hydrogen (secondary N) is 2. The Bertz CT molecular complexity index is 1120. The summed E-state index contributed by atoms with van der Waals surface area (Å²) in [7, 11) is 0. The molecule has 0 aliphatic rings. The molecule has 0 saturated carbocycles. The van der Waals surface area contributed by atoms with Crippen molar-refractivity contribution in [3.8, 4) is 5.75 Å². The van der Waals surface area contributed by atoms with Gasteiger partial charge in [0.25, 0.3) is 0 Å². The van der Waals surface area contributed by atoms with Crippen molar-refractivity contribution >= 4 is 23.8 Å². The lowest BCUT2D eigenvalue weighted by molar-refractivity contribution is -0.149. The second-order valence-electron chi connectivity index (χ2n) is 10.9. The molecule has 0 saturated heterocycles. The molecule has 10 nitrogen and oxygen atoms in total. The molecule has 4 amide bonds. The van der Waals surface area contributed by atoms with Gasteiger partial charge in [-0.1, -0.05) is 42.5 Å². The van der Waals surface area contributed by atoms with Gasteiger partial charge < -0.3 is 31.1 Å². The van der Waals surface area contributed by atoms with Crippen LogP contribution in [0.5, 0.6) is 5.75 Å². The van der Waals surface area contributed by atoms with Crippen molar-refractivity contribution < 1.29 is 29.0 Å². The lowest BCUT2D eigenvalue weighted by Crippen LogP contribution is -2.59. The predicted octanol–water partition coefficient (Wildman–Crippen LogP) is 3.15. The molecule has 0 radical (unpaired) electrons. The fourth-order valence-electron chi connectivity index (χ4n) is 3.82. The lowest BCUT2D eigenvalue weighted by Gasteiger charge is -2.43. The van der Waals surface area contributed by atoms with Crippen molar-refractivity contribution in [1.82, 2.24) is 15.5 Å². The Hall–Kier alpha value is -4.08. The number of nitrogens with zero attached hydrogens (tertiary/aromatic N) is 1. The van der Waals surface area contributed by atoms with Gasteiger partial charge >= 0.3 is 6.09 Å². The molecule has 2 aromatic carbocycles. The van der Waals surface area contributed by atoms with Crippen molar-refractivity contribution in [2.24, 2.45) is 5.73 Å². The van der Waals surface area contributed by atoms with Gasteiger partial charge in [0.05, 0.1) is 6.42 Å².